The van der Waals surface area contributed by atoms with Crippen LogP contribution in [0.3, 0.4) is 0 Å². The van der Waals surface area contributed by atoms with E-state index in [9.17, 15) is 18.0 Å². The van der Waals surface area contributed by atoms with E-state index < -0.39 is 29.8 Å². The van der Waals surface area contributed by atoms with Crippen LogP contribution in [0.1, 0.15) is 28.0 Å². The van der Waals surface area contributed by atoms with E-state index in [2.05, 4.69) is 32.1 Å². The number of fused-ring (bicyclic) bond motifs is 2. The zero-order valence-corrected chi connectivity index (χ0v) is 15.8. The first-order chi connectivity index (χ1) is 12.8. The summed E-state index contributed by atoms with van der Waals surface area (Å²) in [5.41, 5.74) is -0.190. The molecule has 2 aliphatic rings. The predicted molar refractivity (Wildman–Crippen MR) is 92.7 cm³/mol. The van der Waals surface area contributed by atoms with Crippen molar-refractivity contribution in [3.8, 4) is 0 Å². The number of aliphatic imine (C=N–C) groups is 1. The number of hydrogen-bond acceptors (Lipinski definition) is 4. The minimum absolute atomic E-state index is 0.0224. The fourth-order valence-electron chi connectivity index (χ4n) is 3.46. The van der Waals surface area contributed by atoms with E-state index in [4.69, 9.17) is 4.74 Å². The van der Waals surface area contributed by atoms with Gasteiger partial charge in [-0.25, -0.2) is 4.39 Å². The summed E-state index contributed by atoms with van der Waals surface area (Å²) in [5.74, 6) is -4.28. The molecular weight excluding hydrogens is 422 g/mol. The third-order valence-corrected chi connectivity index (χ3v) is 5.28. The van der Waals surface area contributed by atoms with Crippen molar-refractivity contribution in [2.24, 2.45) is 4.99 Å². The number of hydrogen-bond donors (Lipinski definition) is 1. The monoisotopic (exact) mass is 435 g/mol. The van der Waals surface area contributed by atoms with E-state index >= 15 is 0 Å². The molecule has 1 aromatic carbocycles. The van der Waals surface area contributed by atoms with Crippen molar-refractivity contribution in [3.05, 3.63) is 59.2 Å². The van der Waals surface area contributed by atoms with E-state index in [0.717, 1.165) is 17.8 Å². The van der Waals surface area contributed by atoms with Crippen LogP contribution in [0.4, 0.5) is 18.9 Å². The number of amides is 1. The van der Waals surface area contributed by atoms with Crippen LogP contribution >= 0.6 is 0 Å². The van der Waals surface area contributed by atoms with Crippen LogP contribution in [-0.2, 0) is 16.7 Å². The molecule has 2 heterocycles. The van der Waals surface area contributed by atoms with Gasteiger partial charge in [-0.1, -0.05) is 0 Å². The molecule has 138 valence electrons. The fraction of sp³-hybridized carbons (Fsp3) is 0.278. The molecule has 1 aromatic heterocycles. The SMILES string of the molecule is O=C(Nc1ccc2c(c1)[C@@]1(CC2)N=C([As])OCC1(F)F)c1ccc(F)cn1. The fourth-order valence-corrected chi connectivity index (χ4v) is 3.95. The first-order valence-electron chi connectivity index (χ1n) is 8.16. The minimum atomic E-state index is -3.16. The molecule has 0 saturated carbocycles. The van der Waals surface area contributed by atoms with Crippen LogP contribution in [0.5, 0.6) is 0 Å². The number of carbonyl (C=O) groups excluding carboxylic acids is 1. The molecule has 0 bridgehead atoms. The van der Waals surface area contributed by atoms with Gasteiger partial charge in [0.1, 0.15) is 0 Å². The maximum atomic E-state index is 14.7. The van der Waals surface area contributed by atoms with Crippen LogP contribution in [0, 0.1) is 5.82 Å². The number of nitrogens with zero attached hydrogens (tertiary/aromatic N) is 2. The normalized spacial score (nSPS) is 22.7. The van der Waals surface area contributed by atoms with Crippen LogP contribution in [0.2, 0.25) is 0 Å². The van der Waals surface area contributed by atoms with Gasteiger partial charge in [0.2, 0.25) is 0 Å². The third kappa shape index (κ3) is 3.02. The molecule has 0 saturated heterocycles. The van der Waals surface area contributed by atoms with Gasteiger partial charge in [0.25, 0.3) is 0 Å². The zero-order valence-electron chi connectivity index (χ0n) is 13.9. The van der Waals surface area contributed by atoms with E-state index in [1.165, 1.54) is 12.1 Å². The van der Waals surface area contributed by atoms with Gasteiger partial charge in [-0.2, -0.15) is 0 Å². The molecule has 1 aliphatic heterocycles. The number of carbonyl (C=O) groups is 1. The Morgan fingerprint density at radius 2 is 2.07 bits per heavy atom. The van der Waals surface area contributed by atoms with Gasteiger partial charge in [-0.05, 0) is 0 Å². The molecule has 2 aromatic rings. The summed E-state index contributed by atoms with van der Waals surface area (Å²) in [5, 5.41) is 2.62. The van der Waals surface area contributed by atoms with Gasteiger partial charge in [-0.3, -0.25) is 0 Å². The van der Waals surface area contributed by atoms with E-state index in [1.54, 1.807) is 12.1 Å². The Bertz CT molecular complexity index is 949. The van der Waals surface area contributed by atoms with Crippen LogP contribution in [-0.4, -0.2) is 45.0 Å². The quantitative estimate of drug-likeness (QED) is 0.739. The van der Waals surface area contributed by atoms with Gasteiger partial charge < -0.3 is 0 Å². The molecular formula is C18H13AsF3N3O2. The Labute approximate surface area is 161 Å². The van der Waals surface area contributed by atoms with Crippen molar-refractivity contribution >= 4 is 33.1 Å². The predicted octanol–water partition coefficient (Wildman–Crippen LogP) is 2.80. The number of nitrogens with one attached hydrogen (secondary N) is 1. The Balaban J connectivity index is 1.68. The number of ether oxygens (including phenoxy) is 1. The summed E-state index contributed by atoms with van der Waals surface area (Å²) in [7, 11) is 0. The number of pyridine rings is 1. The van der Waals surface area contributed by atoms with Gasteiger partial charge in [0.05, 0.1) is 0 Å². The molecule has 9 heteroatoms. The first kappa shape index (κ1) is 18.0. The summed E-state index contributed by atoms with van der Waals surface area (Å²) in [6, 6.07) is 7.24. The molecule has 4 rings (SSSR count). The second kappa shape index (κ2) is 6.37. The van der Waals surface area contributed by atoms with E-state index in [-0.39, 0.29) is 16.8 Å². The zero-order chi connectivity index (χ0) is 19.2. The average Bonchev–Trinajstić information content (AvgIpc) is 2.99. The molecule has 1 atom stereocenters. The molecule has 0 fully saturated rings. The second-order valence-electron chi connectivity index (χ2n) is 6.44. The summed E-state index contributed by atoms with van der Waals surface area (Å²) in [4.78, 5) is 20.1. The van der Waals surface area contributed by atoms with Gasteiger partial charge in [-0.15, -0.1) is 0 Å². The Morgan fingerprint density at radius 3 is 2.81 bits per heavy atom. The van der Waals surface area contributed by atoms with Crippen molar-refractivity contribution in [2.45, 2.75) is 24.3 Å². The maximum absolute atomic E-state index is 14.7. The van der Waals surface area contributed by atoms with Crippen LogP contribution < -0.4 is 5.32 Å². The summed E-state index contributed by atoms with van der Waals surface area (Å²) in [6.45, 7) is -0.740. The number of aromatic nitrogens is 1. The van der Waals surface area contributed by atoms with Gasteiger partial charge >= 0.3 is 157 Å². The molecule has 1 aliphatic carbocycles. The summed E-state index contributed by atoms with van der Waals surface area (Å²) in [6.07, 6.45) is 1.56. The number of benzene rings is 1. The standard InChI is InChI=1S/C18H13AsF3N3O2/c19-16-25-17(18(21,22)9-27-16)6-5-10-1-3-12(7-13(10)17)24-15(26)14-4-2-11(20)8-23-14/h1-4,7-8H,5-6,9H2,(H,24,26)/t17-/m1/s1. The first-order valence-corrected chi connectivity index (χ1v) is 9.10. The number of anilines is 1. The summed E-state index contributed by atoms with van der Waals surface area (Å²) >= 11 is 2.06. The molecule has 1 spiro atoms. The average molecular weight is 435 g/mol. The van der Waals surface area contributed by atoms with Gasteiger partial charge in [0.15, 0.2) is 0 Å². The van der Waals surface area contributed by atoms with Crippen molar-refractivity contribution in [3.63, 3.8) is 0 Å². The van der Waals surface area contributed by atoms with Crippen molar-refractivity contribution in [2.75, 3.05) is 11.9 Å². The number of alkyl halides is 2. The van der Waals surface area contributed by atoms with E-state index in [0.29, 0.717) is 17.7 Å². The van der Waals surface area contributed by atoms with Crippen LogP contribution in [0.25, 0.3) is 0 Å². The van der Waals surface area contributed by atoms with Gasteiger partial charge in [0, 0.05) is 0 Å². The second-order valence-corrected chi connectivity index (χ2v) is 7.24. The topological polar surface area (TPSA) is 63.6 Å². The summed E-state index contributed by atoms with van der Waals surface area (Å²) < 4.78 is 47.5. The van der Waals surface area contributed by atoms with E-state index in [1.807, 2.05) is 0 Å². The Hall–Kier alpha value is -2.34. The molecule has 1 N–H and O–H groups in total. The third-order valence-electron chi connectivity index (χ3n) is 4.80. The van der Waals surface area contributed by atoms with Crippen molar-refractivity contribution in [1.82, 2.24) is 4.98 Å². The number of aryl methyl sites for hydroxylation is 1. The molecule has 5 nitrogen and oxygen atoms in total. The Kier molecular flexibility index (Phi) is 4.26. The molecule has 1 amide bonds. The number of rotatable bonds is 2. The van der Waals surface area contributed by atoms with Crippen LogP contribution in [0.15, 0.2) is 41.5 Å². The molecule has 27 heavy (non-hydrogen) atoms. The Morgan fingerprint density at radius 1 is 1.26 bits per heavy atom. The van der Waals surface area contributed by atoms with Crippen molar-refractivity contribution < 1.29 is 22.7 Å². The van der Waals surface area contributed by atoms with Crippen molar-refractivity contribution in [1.29, 1.82) is 0 Å². The molecule has 2 radical (unpaired) electrons. The number of halogens is 3. The molecule has 0 unspecified atom stereocenters.